The van der Waals surface area contributed by atoms with Gasteiger partial charge in [0.1, 0.15) is 0 Å². The molecule has 1 saturated heterocycles. The summed E-state index contributed by atoms with van der Waals surface area (Å²) in [5, 5.41) is 0. The maximum absolute atomic E-state index is 12.4. The molecule has 6 nitrogen and oxygen atoms in total. The number of likely N-dealkylation sites (tertiary alicyclic amines) is 1. The largest absolute Gasteiger partial charge is 0.369 e. The van der Waals surface area contributed by atoms with Crippen LogP contribution in [0.3, 0.4) is 0 Å². The third-order valence-electron chi connectivity index (χ3n) is 4.38. The van der Waals surface area contributed by atoms with E-state index in [4.69, 9.17) is 5.73 Å². The Morgan fingerprint density at radius 1 is 1.24 bits per heavy atom. The molecule has 1 aliphatic heterocycles. The number of aryl methyl sites for hydroxylation is 1. The minimum absolute atomic E-state index is 0.00627. The Balaban J connectivity index is 1.82. The summed E-state index contributed by atoms with van der Waals surface area (Å²) < 4.78 is 3.46. The molecule has 0 spiro atoms. The molecular formula is C15H20N4O2. The van der Waals surface area contributed by atoms with Crippen molar-refractivity contribution in [1.29, 1.82) is 0 Å². The van der Waals surface area contributed by atoms with Crippen molar-refractivity contribution < 1.29 is 4.79 Å². The summed E-state index contributed by atoms with van der Waals surface area (Å²) in [7, 11) is 1.79. The predicted molar refractivity (Wildman–Crippen MR) is 80.7 cm³/mol. The van der Waals surface area contributed by atoms with Gasteiger partial charge in [-0.1, -0.05) is 12.1 Å². The molecule has 0 atom stereocenters. The van der Waals surface area contributed by atoms with Gasteiger partial charge >= 0.3 is 5.69 Å². The van der Waals surface area contributed by atoms with Gasteiger partial charge in [-0.15, -0.1) is 0 Å². The number of rotatable bonds is 3. The van der Waals surface area contributed by atoms with Gasteiger partial charge in [-0.3, -0.25) is 18.8 Å². The number of aromatic nitrogens is 2. The number of para-hydroxylation sites is 2. The Bertz CT molecular complexity index is 723. The highest BCUT2D eigenvalue weighted by Gasteiger charge is 2.24. The predicted octanol–water partition coefficient (Wildman–Crippen LogP) is 0.495. The van der Waals surface area contributed by atoms with Crippen molar-refractivity contribution >= 4 is 16.9 Å². The number of primary amides is 1. The van der Waals surface area contributed by atoms with E-state index >= 15 is 0 Å². The highest BCUT2D eigenvalue weighted by atomic mass is 16.2. The van der Waals surface area contributed by atoms with Crippen LogP contribution in [0.1, 0.15) is 12.8 Å². The highest BCUT2D eigenvalue weighted by molar-refractivity contribution is 5.77. The number of benzene rings is 1. The third kappa shape index (κ3) is 2.47. The van der Waals surface area contributed by atoms with Crippen molar-refractivity contribution in [3.05, 3.63) is 34.7 Å². The zero-order valence-corrected chi connectivity index (χ0v) is 12.2. The number of amides is 1. The Morgan fingerprint density at radius 2 is 1.86 bits per heavy atom. The van der Waals surface area contributed by atoms with Crippen LogP contribution < -0.4 is 11.4 Å². The molecule has 0 radical (unpaired) electrons. The molecular weight excluding hydrogens is 268 g/mol. The quantitative estimate of drug-likeness (QED) is 0.893. The molecule has 0 saturated carbocycles. The van der Waals surface area contributed by atoms with Gasteiger partial charge in [0.15, 0.2) is 0 Å². The lowest BCUT2D eigenvalue weighted by Crippen LogP contribution is -2.41. The highest BCUT2D eigenvalue weighted by Crippen LogP contribution is 2.18. The number of carbonyl (C=O) groups excluding carboxylic acids is 1. The van der Waals surface area contributed by atoms with Crippen LogP contribution in [0.15, 0.2) is 29.1 Å². The van der Waals surface area contributed by atoms with Gasteiger partial charge in [0.25, 0.3) is 0 Å². The first-order chi connectivity index (χ1) is 10.1. The maximum atomic E-state index is 12.4. The van der Waals surface area contributed by atoms with Crippen molar-refractivity contribution in [3.8, 4) is 0 Å². The summed E-state index contributed by atoms with van der Waals surface area (Å²) in [5.41, 5.74) is 7.23. The molecule has 1 fully saturated rings. The molecule has 1 aromatic heterocycles. The Kier molecular flexibility index (Phi) is 3.55. The van der Waals surface area contributed by atoms with Gasteiger partial charge in [-0.05, 0) is 25.0 Å². The third-order valence-corrected chi connectivity index (χ3v) is 4.38. The minimum atomic E-state index is -0.211. The lowest BCUT2D eigenvalue weighted by molar-refractivity contribution is -0.123. The molecule has 1 amide bonds. The van der Waals surface area contributed by atoms with Gasteiger partial charge in [0.2, 0.25) is 5.91 Å². The van der Waals surface area contributed by atoms with Gasteiger partial charge in [0, 0.05) is 26.1 Å². The van der Waals surface area contributed by atoms with E-state index in [0.717, 1.165) is 37.0 Å². The molecule has 21 heavy (non-hydrogen) atoms. The normalized spacial score (nSPS) is 17.4. The summed E-state index contributed by atoms with van der Waals surface area (Å²) in [6.07, 6.45) is 1.55. The molecule has 0 bridgehead atoms. The summed E-state index contributed by atoms with van der Waals surface area (Å²) in [5.74, 6) is -0.234. The molecule has 112 valence electrons. The second-order valence-corrected chi connectivity index (χ2v) is 5.69. The smallest absolute Gasteiger partial charge is 0.329 e. The fraction of sp³-hybridized carbons (Fsp3) is 0.467. The van der Waals surface area contributed by atoms with Crippen LogP contribution in [0.4, 0.5) is 0 Å². The van der Waals surface area contributed by atoms with Crippen LogP contribution >= 0.6 is 0 Å². The number of hydrogen-bond donors (Lipinski definition) is 1. The monoisotopic (exact) mass is 288 g/mol. The average Bonchev–Trinajstić information content (AvgIpc) is 2.73. The van der Waals surface area contributed by atoms with Gasteiger partial charge in [0.05, 0.1) is 17.7 Å². The molecule has 0 unspecified atom stereocenters. The zero-order chi connectivity index (χ0) is 15.0. The van der Waals surface area contributed by atoms with E-state index in [9.17, 15) is 9.59 Å². The van der Waals surface area contributed by atoms with Crippen LogP contribution in [0.2, 0.25) is 0 Å². The first-order valence-corrected chi connectivity index (χ1v) is 7.24. The van der Waals surface area contributed by atoms with Crippen molar-refractivity contribution in [3.63, 3.8) is 0 Å². The zero-order valence-electron chi connectivity index (χ0n) is 12.2. The Morgan fingerprint density at radius 3 is 2.48 bits per heavy atom. The summed E-state index contributed by atoms with van der Waals surface area (Å²) in [6, 6.07) is 7.79. The SMILES string of the molecule is Cn1c(=O)n(CN2CCC(C(N)=O)CC2)c2ccccc21. The van der Waals surface area contributed by atoms with E-state index in [0.29, 0.717) is 6.67 Å². The van der Waals surface area contributed by atoms with Crippen molar-refractivity contribution in [1.82, 2.24) is 14.0 Å². The van der Waals surface area contributed by atoms with Crippen molar-refractivity contribution in [2.24, 2.45) is 18.7 Å². The molecule has 1 aromatic carbocycles. The standard InChI is InChI=1S/C15H20N4O2/c1-17-12-4-2-3-5-13(12)19(15(17)21)10-18-8-6-11(7-9-18)14(16)20/h2-5,11H,6-10H2,1H3,(H2,16,20). The number of fused-ring (bicyclic) bond motifs is 1. The van der Waals surface area contributed by atoms with Crippen LogP contribution in [0.25, 0.3) is 11.0 Å². The molecule has 1 aliphatic rings. The molecule has 0 aliphatic carbocycles. The Hall–Kier alpha value is -2.08. The molecule has 2 N–H and O–H groups in total. The van der Waals surface area contributed by atoms with Crippen LogP contribution in [-0.2, 0) is 18.5 Å². The molecule has 2 aromatic rings. The van der Waals surface area contributed by atoms with Crippen molar-refractivity contribution in [2.75, 3.05) is 13.1 Å². The van der Waals surface area contributed by atoms with Gasteiger partial charge in [-0.25, -0.2) is 4.79 Å². The second-order valence-electron chi connectivity index (χ2n) is 5.69. The minimum Gasteiger partial charge on any atom is -0.369 e. The number of piperidine rings is 1. The summed E-state index contributed by atoms with van der Waals surface area (Å²) >= 11 is 0. The average molecular weight is 288 g/mol. The van der Waals surface area contributed by atoms with Crippen LogP contribution in [0, 0.1) is 5.92 Å². The fourth-order valence-electron chi connectivity index (χ4n) is 3.06. The van der Waals surface area contributed by atoms with E-state index in [1.807, 2.05) is 24.3 Å². The number of nitrogens with zero attached hydrogens (tertiary/aromatic N) is 3. The second kappa shape index (κ2) is 5.37. The first kappa shape index (κ1) is 13.9. The Labute approximate surface area is 122 Å². The van der Waals surface area contributed by atoms with E-state index in [1.165, 1.54) is 0 Å². The molecule has 3 rings (SSSR count). The van der Waals surface area contributed by atoms with Crippen molar-refractivity contribution in [2.45, 2.75) is 19.5 Å². The molecule has 2 heterocycles. The number of carbonyl (C=O) groups is 1. The number of imidazole rings is 1. The maximum Gasteiger partial charge on any atom is 0.329 e. The fourth-order valence-corrected chi connectivity index (χ4v) is 3.06. The lowest BCUT2D eigenvalue weighted by atomic mass is 9.97. The van der Waals surface area contributed by atoms with E-state index < -0.39 is 0 Å². The van der Waals surface area contributed by atoms with Crippen LogP contribution in [-0.4, -0.2) is 33.0 Å². The van der Waals surface area contributed by atoms with E-state index in [2.05, 4.69) is 4.90 Å². The van der Waals surface area contributed by atoms with E-state index in [1.54, 1.807) is 16.2 Å². The first-order valence-electron chi connectivity index (χ1n) is 7.24. The summed E-state index contributed by atoms with van der Waals surface area (Å²) in [6.45, 7) is 2.15. The lowest BCUT2D eigenvalue weighted by Gasteiger charge is -2.30. The van der Waals surface area contributed by atoms with Gasteiger partial charge < -0.3 is 5.73 Å². The number of nitrogens with two attached hydrogens (primary N) is 1. The topological polar surface area (TPSA) is 73.3 Å². The van der Waals surface area contributed by atoms with E-state index in [-0.39, 0.29) is 17.5 Å². The van der Waals surface area contributed by atoms with Gasteiger partial charge in [-0.2, -0.15) is 0 Å². The summed E-state index contributed by atoms with van der Waals surface area (Å²) in [4.78, 5) is 25.8. The molecule has 6 heteroatoms. The number of hydrogen-bond acceptors (Lipinski definition) is 3. The van der Waals surface area contributed by atoms with Crippen LogP contribution in [0.5, 0.6) is 0 Å².